The van der Waals surface area contributed by atoms with E-state index in [0.29, 0.717) is 0 Å². The van der Waals surface area contributed by atoms with Crippen LogP contribution in [0.15, 0.2) is 54.7 Å². The second-order valence-corrected chi connectivity index (χ2v) is 4.96. The van der Waals surface area contributed by atoms with Crippen molar-refractivity contribution >= 4 is 10.9 Å². The van der Waals surface area contributed by atoms with Crippen molar-refractivity contribution < 1.29 is 4.74 Å². The van der Waals surface area contributed by atoms with Crippen molar-refractivity contribution in [2.45, 2.75) is 13.0 Å². The number of ether oxygens (including phenoxy) is 1. The topological polar surface area (TPSA) is 38.0 Å². The van der Waals surface area contributed by atoms with E-state index in [1.54, 1.807) is 7.11 Å². The van der Waals surface area contributed by atoms with Gasteiger partial charge in [0.05, 0.1) is 18.7 Å². The molecule has 0 radical (unpaired) electrons. The largest absolute Gasteiger partial charge is 0.497 e. The predicted octanol–water partition coefficient (Wildman–Crippen LogP) is 3.76. The van der Waals surface area contributed by atoms with E-state index < -0.39 is 0 Å². The van der Waals surface area contributed by atoms with Crippen molar-refractivity contribution in [2.75, 3.05) is 7.11 Å². The minimum absolute atomic E-state index is 0.732. The molecule has 1 heterocycles. The summed E-state index contributed by atoms with van der Waals surface area (Å²) in [4.78, 5) is 0. The molecule has 0 spiro atoms. The molecule has 0 saturated heterocycles. The van der Waals surface area contributed by atoms with Crippen LogP contribution < -0.4 is 4.74 Å². The average Bonchev–Trinajstić information content (AvgIpc) is 2.96. The van der Waals surface area contributed by atoms with Gasteiger partial charge in [-0.2, -0.15) is 5.26 Å². The predicted molar refractivity (Wildman–Crippen MR) is 83.4 cm³/mol. The first-order valence-electron chi connectivity index (χ1n) is 6.92. The zero-order chi connectivity index (χ0) is 14.7. The Bertz CT molecular complexity index is 794. The fourth-order valence-corrected chi connectivity index (χ4v) is 2.56. The maximum absolute atomic E-state index is 9.13. The third-order valence-electron chi connectivity index (χ3n) is 3.73. The Balaban J connectivity index is 1.80. The van der Waals surface area contributed by atoms with E-state index in [1.165, 1.54) is 5.56 Å². The van der Waals surface area contributed by atoms with E-state index in [0.717, 1.165) is 35.2 Å². The van der Waals surface area contributed by atoms with Gasteiger partial charge in [-0.15, -0.1) is 0 Å². The summed E-state index contributed by atoms with van der Waals surface area (Å²) in [6.45, 7) is 0.894. The zero-order valence-electron chi connectivity index (χ0n) is 11.9. The minimum atomic E-state index is 0.732. The van der Waals surface area contributed by atoms with Gasteiger partial charge >= 0.3 is 0 Å². The fraction of sp³-hybridized carbons (Fsp3) is 0.167. The number of hydrogen-bond donors (Lipinski definition) is 0. The van der Waals surface area contributed by atoms with E-state index in [4.69, 9.17) is 10.00 Å². The molecule has 0 aliphatic heterocycles. The number of aryl methyl sites for hydroxylation is 2. The van der Waals surface area contributed by atoms with E-state index in [-0.39, 0.29) is 0 Å². The van der Waals surface area contributed by atoms with Crippen LogP contribution in [0, 0.1) is 11.3 Å². The number of hydrogen-bond acceptors (Lipinski definition) is 2. The highest BCUT2D eigenvalue weighted by molar-refractivity contribution is 5.85. The molecule has 21 heavy (non-hydrogen) atoms. The maximum Gasteiger partial charge on any atom is 0.118 e. The molecule has 0 N–H and O–H groups in total. The quantitative estimate of drug-likeness (QED) is 0.727. The van der Waals surface area contributed by atoms with Crippen LogP contribution in [0.4, 0.5) is 0 Å². The van der Waals surface area contributed by atoms with Gasteiger partial charge in [0.25, 0.3) is 0 Å². The number of nitriles is 1. The first-order valence-corrected chi connectivity index (χ1v) is 6.92. The van der Waals surface area contributed by atoms with Gasteiger partial charge in [0.1, 0.15) is 5.75 Å². The number of nitrogens with zero attached hydrogens (tertiary/aromatic N) is 2. The number of fused-ring (bicyclic) bond motifs is 1. The minimum Gasteiger partial charge on any atom is -0.497 e. The summed E-state index contributed by atoms with van der Waals surface area (Å²) < 4.78 is 7.36. The van der Waals surface area contributed by atoms with Crippen LogP contribution in [0.5, 0.6) is 5.75 Å². The monoisotopic (exact) mass is 276 g/mol. The SMILES string of the molecule is COc1ccc(CCn2ccc3c(C#N)cccc32)cc1. The van der Waals surface area contributed by atoms with Crippen LogP contribution in [0.25, 0.3) is 10.9 Å². The third kappa shape index (κ3) is 2.61. The van der Waals surface area contributed by atoms with E-state index >= 15 is 0 Å². The molecule has 3 heteroatoms. The van der Waals surface area contributed by atoms with Gasteiger partial charge in [0, 0.05) is 23.6 Å². The number of benzene rings is 2. The number of aromatic nitrogens is 1. The molecule has 0 bridgehead atoms. The van der Waals surface area contributed by atoms with Gasteiger partial charge in [-0.3, -0.25) is 0 Å². The van der Waals surface area contributed by atoms with Gasteiger partial charge in [0.2, 0.25) is 0 Å². The van der Waals surface area contributed by atoms with Crippen molar-refractivity contribution in [3.8, 4) is 11.8 Å². The summed E-state index contributed by atoms with van der Waals surface area (Å²) in [5.74, 6) is 0.879. The lowest BCUT2D eigenvalue weighted by Gasteiger charge is -2.07. The highest BCUT2D eigenvalue weighted by atomic mass is 16.5. The lowest BCUT2D eigenvalue weighted by atomic mass is 10.1. The molecule has 0 fully saturated rings. The number of rotatable bonds is 4. The first kappa shape index (κ1) is 13.3. The smallest absolute Gasteiger partial charge is 0.118 e. The molecule has 0 atom stereocenters. The van der Waals surface area contributed by atoms with Crippen molar-refractivity contribution in [1.82, 2.24) is 4.57 Å². The van der Waals surface area contributed by atoms with E-state index in [9.17, 15) is 0 Å². The molecular weight excluding hydrogens is 260 g/mol. The normalized spacial score (nSPS) is 10.5. The highest BCUT2D eigenvalue weighted by Crippen LogP contribution is 2.20. The molecular formula is C18H16N2O. The Morgan fingerprint density at radius 3 is 2.62 bits per heavy atom. The van der Waals surface area contributed by atoms with Gasteiger partial charge in [-0.25, -0.2) is 0 Å². The van der Waals surface area contributed by atoms with Crippen LogP contribution in [0.1, 0.15) is 11.1 Å². The molecule has 104 valence electrons. The fourth-order valence-electron chi connectivity index (χ4n) is 2.56. The molecule has 0 amide bonds. The number of methoxy groups -OCH3 is 1. The third-order valence-corrected chi connectivity index (χ3v) is 3.73. The van der Waals surface area contributed by atoms with Crippen molar-refractivity contribution in [3.63, 3.8) is 0 Å². The van der Waals surface area contributed by atoms with Crippen LogP contribution in [0.2, 0.25) is 0 Å². The molecule has 0 unspecified atom stereocenters. The second kappa shape index (κ2) is 5.72. The summed E-state index contributed by atoms with van der Waals surface area (Å²) in [5, 5.41) is 10.2. The Morgan fingerprint density at radius 2 is 1.90 bits per heavy atom. The molecule has 3 aromatic rings. The van der Waals surface area contributed by atoms with Crippen molar-refractivity contribution in [3.05, 3.63) is 65.9 Å². The molecule has 0 aliphatic carbocycles. The Labute approximate surface area is 124 Å². The summed E-state index contributed by atoms with van der Waals surface area (Å²) >= 11 is 0. The Morgan fingerprint density at radius 1 is 1.10 bits per heavy atom. The molecule has 0 aliphatic rings. The first-order chi connectivity index (χ1) is 10.3. The Hall–Kier alpha value is -2.73. The highest BCUT2D eigenvalue weighted by Gasteiger charge is 2.05. The van der Waals surface area contributed by atoms with Crippen LogP contribution in [0.3, 0.4) is 0 Å². The molecule has 0 saturated carbocycles. The van der Waals surface area contributed by atoms with Crippen LogP contribution in [-0.2, 0) is 13.0 Å². The van der Waals surface area contributed by atoms with E-state index in [1.807, 2.05) is 30.3 Å². The average molecular weight is 276 g/mol. The van der Waals surface area contributed by atoms with Crippen molar-refractivity contribution in [2.24, 2.45) is 0 Å². The summed E-state index contributed by atoms with van der Waals surface area (Å²) in [6, 6.07) is 18.3. The van der Waals surface area contributed by atoms with Gasteiger partial charge in [-0.05, 0) is 42.3 Å². The molecule has 3 rings (SSSR count). The Kier molecular flexibility index (Phi) is 3.61. The van der Waals surface area contributed by atoms with Gasteiger partial charge < -0.3 is 9.30 Å². The summed E-state index contributed by atoms with van der Waals surface area (Å²) in [5.41, 5.74) is 3.12. The van der Waals surface area contributed by atoms with Crippen LogP contribution >= 0.6 is 0 Å². The summed E-state index contributed by atoms with van der Waals surface area (Å²) in [6.07, 6.45) is 3.00. The molecule has 2 aromatic carbocycles. The maximum atomic E-state index is 9.13. The summed E-state index contributed by atoms with van der Waals surface area (Å²) in [7, 11) is 1.67. The lowest BCUT2D eigenvalue weighted by Crippen LogP contribution is -1.99. The molecule has 3 nitrogen and oxygen atoms in total. The molecule has 1 aromatic heterocycles. The van der Waals surface area contributed by atoms with Crippen molar-refractivity contribution in [1.29, 1.82) is 5.26 Å². The van der Waals surface area contributed by atoms with Crippen LogP contribution in [-0.4, -0.2) is 11.7 Å². The standard InChI is InChI=1S/C18H16N2O/c1-21-16-7-5-14(6-8-16)9-11-20-12-10-17-15(13-19)3-2-4-18(17)20/h2-8,10,12H,9,11H2,1H3. The van der Waals surface area contributed by atoms with Gasteiger partial charge in [0.15, 0.2) is 0 Å². The van der Waals surface area contributed by atoms with E-state index in [2.05, 4.69) is 35.0 Å². The second-order valence-electron chi connectivity index (χ2n) is 4.96. The zero-order valence-corrected chi connectivity index (χ0v) is 11.9. The lowest BCUT2D eigenvalue weighted by molar-refractivity contribution is 0.414. The van der Waals surface area contributed by atoms with Gasteiger partial charge in [-0.1, -0.05) is 18.2 Å².